The van der Waals surface area contributed by atoms with E-state index in [0.717, 1.165) is 30.1 Å². The van der Waals surface area contributed by atoms with Crippen molar-refractivity contribution in [3.05, 3.63) is 17.9 Å². The third kappa shape index (κ3) is 3.47. The van der Waals surface area contributed by atoms with Crippen molar-refractivity contribution >= 4 is 28.8 Å². The Morgan fingerprint density at radius 1 is 1.52 bits per heavy atom. The van der Waals surface area contributed by atoms with Crippen molar-refractivity contribution in [3.8, 4) is 5.75 Å². The van der Waals surface area contributed by atoms with E-state index in [2.05, 4.69) is 11.9 Å². The van der Waals surface area contributed by atoms with Crippen LogP contribution in [0.2, 0.25) is 0 Å². The van der Waals surface area contributed by atoms with E-state index >= 15 is 0 Å². The number of hydrogen-bond acceptors (Lipinski definition) is 4. The Kier molecular flexibility index (Phi) is 5.06. The maximum absolute atomic E-state index is 13.8. The van der Waals surface area contributed by atoms with Crippen LogP contribution in [-0.2, 0) is 11.3 Å². The van der Waals surface area contributed by atoms with Crippen LogP contribution in [0.1, 0.15) is 19.8 Å². The maximum Gasteiger partial charge on any atom is 0.313 e. The van der Waals surface area contributed by atoms with Gasteiger partial charge < -0.3 is 14.4 Å². The molecule has 5 nitrogen and oxygen atoms in total. The van der Waals surface area contributed by atoms with Crippen LogP contribution in [0.15, 0.2) is 17.3 Å². The molecule has 0 aliphatic carbocycles. The minimum Gasteiger partial charge on any atom is -0.494 e. The molecule has 0 saturated heterocycles. The summed E-state index contributed by atoms with van der Waals surface area (Å²) in [4.78, 5) is 15.1. The standard InChI is InChI=1S/C14H17FN2O3S/c1-3-4-5-17-11-7-12(20-2)9(15)6-10(11)16-14(17)21-8-13(18)19/h6-7H,3-5,8H2,1-2H3,(H,18,19). The molecule has 0 aliphatic heterocycles. The van der Waals surface area contributed by atoms with E-state index in [1.807, 2.05) is 4.57 Å². The molecule has 2 aromatic rings. The zero-order valence-corrected chi connectivity index (χ0v) is 12.7. The average molecular weight is 312 g/mol. The fourth-order valence-corrected chi connectivity index (χ4v) is 2.79. The number of aliphatic carboxylic acids is 1. The predicted octanol–water partition coefficient (Wildman–Crippen LogP) is 3.16. The number of imidazole rings is 1. The number of halogens is 1. The number of methoxy groups -OCH3 is 1. The minimum absolute atomic E-state index is 0.0743. The Labute approximate surface area is 126 Å². The number of thioether (sulfide) groups is 1. The number of hydrogen-bond donors (Lipinski definition) is 1. The molecule has 0 saturated carbocycles. The molecule has 1 heterocycles. The van der Waals surface area contributed by atoms with Gasteiger partial charge in [-0.25, -0.2) is 9.37 Å². The van der Waals surface area contributed by atoms with Gasteiger partial charge in [0.15, 0.2) is 16.7 Å². The van der Waals surface area contributed by atoms with Gasteiger partial charge in [0.25, 0.3) is 0 Å². The molecule has 114 valence electrons. The lowest BCUT2D eigenvalue weighted by Gasteiger charge is -2.08. The third-order valence-electron chi connectivity index (χ3n) is 3.05. The first kappa shape index (κ1) is 15.6. The quantitative estimate of drug-likeness (QED) is 0.796. The molecule has 1 aromatic carbocycles. The van der Waals surface area contributed by atoms with Gasteiger partial charge in [-0.05, 0) is 6.42 Å². The monoisotopic (exact) mass is 312 g/mol. The lowest BCUT2D eigenvalue weighted by molar-refractivity contribution is -0.133. The largest absolute Gasteiger partial charge is 0.494 e. The smallest absolute Gasteiger partial charge is 0.313 e. The number of aromatic nitrogens is 2. The van der Waals surface area contributed by atoms with Gasteiger partial charge >= 0.3 is 5.97 Å². The third-order valence-corrected chi connectivity index (χ3v) is 4.01. The van der Waals surface area contributed by atoms with E-state index in [0.29, 0.717) is 17.2 Å². The number of aryl methyl sites for hydroxylation is 1. The highest BCUT2D eigenvalue weighted by molar-refractivity contribution is 7.99. The van der Waals surface area contributed by atoms with Crippen LogP contribution >= 0.6 is 11.8 Å². The molecule has 21 heavy (non-hydrogen) atoms. The number of benzene rings is 1. The van der Waals surface area contributed by atoms with Crippen molar-refractivity contribution < 1.29 is 19.0 Å². The lowest BCUT2D eigenvalue weighted by atomic mass is 10.2. The summed E-state index contributed by atoms with van der Waals surface area (Å²) in [5, 5.41) is 9.40. The fourth-order valence-electron chi connectivity index (χ4n) is 2.03. The van der Waals surface area contributed by atoms with Gasteiger partial charge in [0.05, 0.1) is 23.9 Å². The number of fused-ring (bicyclic) bond motifs is 1. The number of unbranched alkanes of at least 4 members (excludes halogenated alkanes) is 1. The van der Waals surface area contributed by atoms with Crippen LogP contribution in [-0.4, -0.2) is 33.5 Å². The van der Waals surface area contributed by atoms with Crippen molar-refractivity contribution in [2.24, 2.45) is 0 Å². The second kappa shape index (κ2) is 6.80. The molecule has 0 fully saturated rings. The molecule has 0 spiro atoms. The highest BCUT2D eigenvalue weighted by atomic mass is 32.2. The number of carboxylic acid groups (broad SMARTS) is 1. The first-order valence-electron chi connectivity index (χ1n) is 6.65. The normalized spacial score (nSPS) is 11.0. The topological polar surface area (TPSA) is 64.4 Å². The van der Waals surface area contributed by atoms with E-state index < -0.39 is 11.8 Å². The van der Waals surface area contributed by atoms with Crippen molar-refractivity contribution in [1.29, 1.82) is 0 Å². The first-order valence-corrected chi connectivity index (χ1v) is 7.63. The van der Waals surface area contributed by atoms with Crippen LogP contribution in [0, 0.1) is 5.82 Å². The summed E-state index contributed by atoms with van der Waals surface area (Å²) >= 11 is 1.14. The van der Waals surface area contributed by atoms with Crippen LogP contribution in [0.25, 0.3) is 11.0 Å². The Hall–Kier alpha value is -1.76. The van der Waals surface area contributed by atoms with E-state index in [-0.39, 0.29) is 11.5 Å². The molecule has 0 amide bonds. The van der Waals surface area contributed by atoms with Gasteiger partial charge in [-0.2, -0.15) is 0 Å². The summed E-state index contributed by atoms with van der Waals surface area (Å²) in [7, 11) is 1.41. The Morgan fingerprint density at radius 3 is 2.90 bits per heavy atom. The number of carboxylic acids is 1. The molecule has 7 heteroatoms. The van der Waals surface area contributed by atoms with E-state index in [9.17, 15) is 9.18 Å². The molecular weight excluding hydrogens is 295 g/mol. The zero-order valence-electron chi connectivity index (χ0n) is 11.9. The van der Waals surface area contributed by atoms with Crippen molar-refractivity contribution in [3.63, 3.8) is 0 Å². The molecule has 2 rings (SSSR count). The van der Waals surface area contributed by atoms with E-state index in [4.69, 9.17) is 9.84 Å². The summed E-state index contributed by atoms with van der Waals surface area (Å²) in [6.07, 6.45) is 1.94. The number of carbonyl (C=O) groups is 1. The van der Waals surface area contributed by atoms with Crippen molar-refractivity contribution in [2.75, 3.05) is 12.9 Å². The number of rotatable bonds is 7. The van der Waals surface area contributed by atoms with Gasteiger partial charge in [-0.1, -0.05) is 25.1 Å². The molecule has 0 bridgehead atoms. The van der Waals surface area contributed by atoms with Gasteiger partial charge in [0, 0.05) is 18.7 Å². The van der Waals surface area contributed by atoms with Gasteiger partial charge in [0.1, 0.15) is 0 Å². The van der Waals surface area contributed by atoms with Gasteiger partial charge in [-0.15, -0.1) is 0 Å². The van der Waals surface area contributed by atoms with Crippen LogP contribution in [0.3, 0.4) is 0 Å². The Balaban J connectivity index is 2.47. The first-order chi connectivity index (χ1) is 10.1. The second-order valence-corrected chi connectivity index (χ2v) is 5.50. The highest BCUT2D eigenvalue weighted by Gasteiger charge is 2.15. The lowest BCUT2D eigenvalue weighted by Crippen LogP contribution is -2.03. The summed E-state index contributed by atoms with van der Waals surface area (Å²) in [6.45, 7) is 2.78. The van der Waals surface area contributed by atoms with Crippen LogP contribution in [0.5, 0.6) is 5.75 Å². The molecule has 0 unspecified atom stereocenters. The van der Waals surface area contributed by atoms with Gasteiger partial charge in [0.2, 0.25) is 0 Å². The number of ether oxygens (including phenoxy) is 1. The summed E-state index contributed by atoms with van der Waals surface area (Å²) < 4.78 is 20.7. The molecule has 1 aromatic heterocycles. The van der Waals surface area contributed by atoms with E-state index in [1.54, 1.807) is 6.07 Å². The molecule has 0 atom stereocenters. The predicted molar refractivity (Wildman–Crippen MR) is 79.5 cm³/mol. The summed E-state index contributed by atoms with van der Waals surface area (Å²) in [6, 6.07) is 2.93. The Morgan fingerprint density at radius 2 is 2.29 bits per heavy atom. The highest BCUT2D eigenvalue weighted by Crippen LogP contribution is 2.29. The van der Waals surface area contributed by atoms with E-state index in [1.165, 1.54) is 13.2 Å². The van der Waals surface area contributed by atoms with Crippen molar-refractivity contribution in [2.45, 2.75) is 31.5 Å². The minimum atomic E-state index is -0.905. The van der Waals surface area contributed by atoms with Gasteiger partial charge in [-0.3, -0.25) is 4.79 Å². The van der Waals surface area contributed by atoms with Crippen LogP contribution < -0.4 is 4.74 Å². The Bertz CT molecular complexity index is 657. The molecule has 0 radical (unpaired) electrons. The molecule has 1 N–H and O–H groups in total. The summed E-state index contributed by atoms with van der Waals surface area (Å²) in [5.74, 6) is -1.29. The average Bonchev–Trinajstić information content (AvgIpc) is 2.78. The number of nitrogens with zero attached hydrogens (tertiary/aromatic N) is 2. The molecular formula is C14H17FN2O3S. The van der Waals surface area contributed by atoms with Crippen LogP contribution in [0.4, 0.5) is 4.39 Å². The molecule has 0 aliphatic rings. The second-order valence-electron chi connectivity index (χ2n) is 4.56. The van der Waals surface area contributed by atoms with Crippen molar-refractivity contribution in [1.82, 2.24) is 9.55 Å². The SMILES string of the molecule is CCCCn1c(SCC(=O)O)nc2cc(F)c(OC)cc21. The fraction of sp³-hybridized carbons (Fsp3) is 0.429. The zero-order chi connectivity index (χ0) is 15.4. The maximum atomic E-state index is 13.8. The summed E-state index contributed by atoms with van der Waals surface area (Å²) in [5.41, 5.74) is 1.27.